The second-order valence-electron chi connectivity index (χ2n) is 8.59. The summed E-state index contributed by atoms with van der Waals surface area (Å²) in [7, 11) is 2.86. The number of methoxy groups -OCH3 is 2. The summed E-state index contributed by atoms with van der Waals surface area (Å²) in [6.45, 7) is 2.08. The molecule has 0 aliphatic carbocycles. The molecule has 34 heavy (non-hydrogen) atoms. The molecule has 0 N–H and O–H groups in total. The number of benzene rings is 1. The van der Waals surface area contributed by atoms with Crippen LogP contribution >= 0.6 is 0 Å². The van der Waals surface area contributed by atoms with Crippen molar-refractivity contribution in [3.05, 3.63) is 40.0 Å². The molecule has 0 unspecified atom stereocenters. The zero-order chi connectivity index (χ0) is 25.0. The van der Waals surface area contributed by atoms with Crippen molar-refractivity contribution in [2.24, 2.45) is 0 Å². The zero-order valence-corrected chi connectivity index (χ0v) is 21.3. The lowest BCUT2D eigenvalue weighted by Gasteiger charge is -2.11. The van der Waals surface area contributed by atoms with Gasteiger partial charge in [0.1, 0.15) is 6.61 Å². The molecular weight excluding hydrogens is 434 g/mol. The fraction of sp³-hybridized carbons (Fsp3) is 0.667. The lowest BCUT2D eigenvalue weighted by Crippen LogP contribution is -2.07. The van der Waals surface area contributed by atoms with Gasteiger partial charge in [-0.2, -0.15) is 0 Å². The van der Waals surface area contributed by atoms with E-state index in [4.69, 9.17) is 14.2 Å². The number of nitrogens with zero attached hydrogens (tertiary/aromatic N) is 1. The fourth-order valence-corrected chi connectivity index (χ4v) is 3.77. The van der Waals surface area contributed by atoms with Crippen LogP contribution in [0.4, 0.5) is 5.69 Å². The predicted octanol–water partition coefficient (Wildman–Crippen LogP) is 7.69. The molecule has 0 radical (unpaired) electrons. The number of allylic oxidation sites excluding steroid dienone is 2. The van der Waals surface area contributed by atoms with Crippen molar-refractivity contribution in [3.8, 4) is 11.5 Å². The third kappa shape index (κ3) is 12.6. The highest BCUT2D eigenvalue weighted by molar-refractivity contribution is 5.69. The first-order valence-corrected chi connectivity index (χ1v) is 12.7. The number of ether oxygens (including phenoxy) is 3. The van der Waals surface area contributed by atoms with E-state index in [1.165, 1.54) is 77.7 Å². The van der Waals surface area contributed by atoms with Crippen molar-refractivity contribution in [1.29, 1.82) is 0 Å². The van der Waals surface area contributed by atoms with Gasteiger partial charge in [0.05, 0.1) is 30.8 Å². The summed E-state index contributed by atoms with van der Waals surface area (Å²) in [5.74, 6) is 0.274. The molecular formula is C27H43NO6. The van der Waals surface area contributed by atoms with Crippen LogP contribution in [0.25, 0.3) is 0 Å². The highest BCUT2D eigenvalue weighted by Crippen LogP contribution is 2.34. The van der Waals surface area contributed by atoms with Crippen molar-refractivity contribution in [2.75, 3.05) is 14.2 Å². The lowest BCUT2D eigenvalue weighted by molar-refractivity contribution is -0.385. The largest absolute Gasteiger partial charge is 0.493 e. The van der Waals surface area contributed by atoms with E-state index in [-0.39, 0.29) is 29.6 Å². The van der Waals surface area contributed by atoms with E-state index >= 15 is 0 Å². The summed E-state index contributed by atoms with van der Waals surface area (Å²) in [6, 6.07) is 2.76. The predicted molar refractivity (Wildman–Crippen MR) is 135 cm³/mol. The second kappa shape index (κ2) is 18.8. The molecule has 0 bridgehead atoms. The summed E-state index contributed by atoms with van der Waals surface area (Å²) >= 11 is 0. The molecule has 192 valence electrons. The standard InChI is InChI=1S/C27H43NO6/c1-4-5-6-7-8-9-10-11-12-13-14-15-16-17-18-19-27(29)34-22-23-20-25(32-2)26(33-3)21-24(23)28(30)31/h11-12,20-21H,4-10,13-19,22H2,1-3H3. The molecule has 0 spiro atoms. The summed E-state index contributed by atoms with van der Waals surface area (Å²) in [4.78, 5) is 22.9. The third-order valence-corrected chi connectivity index (χ3v) is 5.81. The molecule has 0 saturated heterocycles. The first-order valence-electron chi connectivity index (χ1n) is 12.7. The van der Waals surface area contributed by atoms with Gasteiger partial charge >= 0.3 is 5.97 Å². The van der Waals surface area contributed by atoms with Gasteiger partial charge in [-0.3, -0.25) is 14.9 Å². The van der Waals surface area contributed by atoms with Crippen LogP contribution < -0.4 is 9.47 Å². The highest BCUT2D eigenvalue weighted by Gasteiger charge is 2.20. The Labute approximate surface area is 205 Å². The third-order valence-electron chi connectivity index (χ3n) is 5.81. The number of nitro groups is 1. The second-order valence-corrected chi connectivity index (χ2v) is 8.59. The van der Waals surface area contributed by atoms with Gasteiger partial charge in [0.2, 0.25) is 0 Å². The first-order chi connectivity index (χ1) is 16.5. The summed E-state index contributed by atoms with van der Waals surface area (Å²) in [5, 5.41) is 11.3. The Morgan fingerprint density at radius 2 is 1.38 bits per heavy atom. The Morgan fingerprint density at radius 3 is 1.94 bits per heavy atom. The van der Waals surface area contributed by atoms with Gasteiger partial charge in [0.25, 0.3) is 5.69 Å². The van der Waals surface area contributed by atoms with E-state index in [0.717, 1.165) is 32.1 Å². The average molecular weight is 478 g/mol. The SMILES string of the molecule is CCCCCCCCC=CCCCCCCCC(=O)OCc1cc(OC)c(OC)cc1[N+](=O)[O-]. The average Bonchev–Trinajstić information content (AvgIpc) is 2.84. The van der Waals surface area contributed by atoms with Crippen molar-refractivity contribution in [3.63, 3.8) is 0 Å². The van der Waals surface area contributed by atoms with E-state index in [1.54, 1.807) is 0 Å². The molecule has 7 heteroatoms. The Balaban J connectivity index is 2.14. The maximum Gasteiger partial charge on any atom is 0.306 e. The van der Waals surface area contributed by atoms with E-state index in [0.29, 0.717) is 12.2 Å². The molecule has 1 rings (SSSR count). The van der Waals surface area contributed by atoms with Crippen molar-refractivity contribution >= 4 is 11.7 Å². The van der Waals surface area contributed by atoms with E-state index in [2.05, 4.69) is 19.1 Å². The van der Waals surface area contributed by atoms with Crippen LogP contribution in [-0.4, -0.2) is 25.1 Å². The van der Waals surface area contributed by atoms with Gasteiger partial charge in [-0.25, -0.2) is 0 Å². The van der Waals surface area contributed by atoms with Gasteiger partial charge in [0, 0.05) is 6.42 Å². The topological polar surface area (TPSA) is 87.9 Å². The fourth-order valence-electron chi connectivity index (χ4n) is 3.77. The minimum absolute atomic E-state index is 0.161. The monoisotopic (exact) mass is 477 g/mol. The van der Waals surface area contributed by atoms with Crippen LogP contribution in [0.1, 0.15) is 102 Å². The summed E-state index contributed by atoms with van der Waals surface area (Å²) in [6.07, 6.45) is 20.5. The Hall–Kier alpha value is -2.57. The number of carbonyl (C=O) groups excluding carboxylic acids is 1. The summed E-state index contributed by atoms with van der Waals surface area (Å²) < 4.78 is 15.6. The molecule has 0 atom stereocenters. The minimum atomic E-state index is -0.519. The number of unbranched alkanes of at least 4 members (excludes halogenated alkanes) is 11. The number of nitro benzene ring substituents is 1. The summed E-state index contributed by atoms with van der Waals surface area (Å²) in [5.41, 5.74) is 0.118. The first kappa shape index (κ1) is 29.5. The molecule has 7 nitrogen and oxygen atoms in total. The number of esters is 1. The van der Waals surface area contributed by atoms with Crippen LogP contribution in [0, 0.1) is 10.1 Å². The number of hydrogen-bond acceptors (Lipinski definition) is 6. The molecule has 0 aliphatic heterocycles. The molecule has 0 saturated carbocycles. The Morgan fingerprint density at radius 1 is 0.853 bits per heavy atom. The highest BCUT2D eigenvalue weighted by atomic mass is 16.6. The molecule has 0 amide bonds. The molecule has 0 heterocycles. The van der Waals surface area contributed by atoms with E-state index < -0.39 is 4.92 Å². The quantitative estimate of drug-likeness (QED) is 0.0629. The van der Waals surface area contributed by atoms with Gasteiger partial charge in [-0.15, -0.1) is 0 Å². The Bertz CT molecular complexity index is 747. The van der Waals surface area contributed by atoms with E-state index in [1.807, 2.05) is 0 Å². The van der Waals surface area contributed by atoms with Gasteiger partial charge < -0.3 is 14.2 Å². The van der Waals surface area contributed by atoms with Crippen molar-refractivity contribution < 1.29 is 23.9 Å². The molecule has 0 fully saturated rings. The number of rotatable bonds is 20. The molecule has 1 aromatic carbocycles. The van der Waals surface area contributed by atoms with Crippen LogP contribution in [-0.2, 0) is 16.1 Å². The smallest absolute Gasteiger partial charge is 0.306 e. The number of carbonyl (C=O) groups is 1. The van der Waals surface area contributed by atoms with Gasteiger partial charge in [-0.1, -0.05) is 70.4 Å². The molecule has 0 aromatic heterocycles. The maximum absolute atomic E-state index is 12.1. The van der Waals surface area contributed by atoms with Crippen molar-refractivity contribution in [1.82, 2.24) is 0 Å². The number of hydrogen-bond donors (Lipinski definition) is 0. The van der Waals surface area contributed by atoms with Gasteiger partial charge in [0.15, 0.2) is 11.5 Å². The minimum Gasteiger partial charge on any atom is -0.493 e. The van der Waals surface area contributed by atoms with Crippen molar-refractivity contribution in [2.45, 2.75) is 103 Å². The van der Waals surface area contributed by atoms with Crippen LogP contribution in [0.15, 0.2) is 24.3 Å². The normalized spacial score (nSPS) is 11.0. The molecule has 0 aliphatic rings. The van der Waals surface area contributed by atoms with E-state index in [9.17, 15) is 14.9 Å². The van der Waals surface area contributed by atoms with Gasteiger partial charge in [-0.05, 0) is 38.2 Å². The Kier molecular flexibility index (Phi) is 16.3. The molecule has 1 aromatic rings. The van der Waals surface area contributed by atoms with Crippen LogP contribution in [0.3, 0.4) is 0 Å². The van der Waals surface area contributed by atoms with Crippen LogP contribution in [0.5, 0.6) is 11.5 Å². The lowest BCUT2D eigenvalue weighted by atomic mass is 10.1. The maximum atomic E-state index is 12.1. The zero-order valence-electron chi connectivity index (χ0n) is 21.3. The van der Waals surface area contributed by atoms with Crippen LogP contribution in [0.2, 0.25) is 0 Å².